The topological polar surface area (TPSA) is 55.4 Å². The molecule has 8 heteroatoms. The van der Waals surface area contributed by atoms with Gasteiger partial charge in [0.1, 0.15) is 3.92 Å². The van der Waals surface area contributed by atoms with Gasteiger partial charge in [-0.25, -0.2) is 0 Å². The molecule has 0 bridgehead atoms. The second-order valence-electron chi connectivity index (χ2n) is 3.78. The summed E-state index contributed by atoms with van der Waals surface area (Å²) in [6, 6.07) is 4.06. The molecule has 1 N–H and O–H groups in total. The van der Waals surface area contributed by atoms with Crippen molar-refractivity contribution >= 4 is 34.5 Å². The SMILES string of the molecule is COC(=O)C(I)CNC(=O)c1cccc(C(F)(F)F)c1. The van der Waals surface area contributed by atoms with Crippen molar-refractivity contribution in [2.45, 2.75) is 10.1 Å². The largest absolute Gasteiger partial charge is 0.468 e. The molecule has 1 aromatic carbocycles. The van der Waals surface area contributed by atoms with Gasteiger partial charge in [0.05, 0.1) is 12.7 Å². The van der Waals surface area contributed by atoms with Gasteiger partial charge in [-0.1, -0.05) is 28.7 Å². The molecule has 0 radical (unpaired) electrons. The number of rotatable bonds is 4. The quantitative estimate of drug-likeness (QED) is 0.479. The smallest absolute Gasteiger partial charge is 0.416 e. The van der Waals surface area contributed by atoms with E-state index in [1.54, 1.807) is 22.6 Å². The van der Waals surface area contributed by atoms with Crippen LogP contribution < -0.4 is 5.32 Å². The summed E-state index contributed by atoms with van der Waals surface area (Å²) in [4.78, 5) is 22.8. The highest BCUT2D eigenvalue weighted by molar-refractivity contribution is 14.1. The molecule has 0 saturated carbocycles. The maximum atomic E-state index is 12.5. The van der Waals surface area contributed by atoms with E-state index in [0.717, 1.165) is 18.2 Å². The number of carbonyl (C=O) groups is 2. The Morgan fingerprint density at radius 3 is 2.60 bits per heavy atom. The Hall–Kier alpha value is -1.32. The average Bonchev–Trinajstić information content (AvgIpc) is 2.42. The minimum atomic E-state index is -4.51. The zero-order valence-corrected chi connectivity index (χ0v) is 12.5. The van der Waals surface area contributed by atoms with Gasteiger partial charge in [-0.05, 0) is 18.2 Å². The summed E-state index contributed by atoms with van der Waals surface area (Å²) in [6.07, 6.45) is -4.51. The summed E-state index contributed by atoms with van der Waals surface area (Å²) < 4.78 is 41.4. The van der Waals surface area contributed by atoms with Crippen molar-refractivity contribution in [1.82, 2.24) is 5.32 Å². The standard InChI is InChI=1S/C12H11F3INO3/c1-20-11(19)9(16)6-17-10(18)7-3-2-4-8(5-7)12(13,14)15/h2-5,9H,6H2,1H3,(H,17,18). The third-order valence-electron chi connectivity index (χ3n) is 2.35. The fourth-order valence-corrected chi connectivity index (χ4v) is 1.81. The third kappa shape index (κ3) is 4.66. The van der Waals surface area contributed by atoms with Crippen LogP contribution in [0.3, 0.4) is 0 Å². The van der Waals surface area contributed by atoms with Crippen molar-refractivity contribution in [2.24, 2.45) is 0 Å². The van der Waals surface area contributed by atoms with Crippen molar-refractivity contribution in [3.8, 4) is 0 Å². The molecular formula is C12H11F3INO3. The van der Waals surface area contributed by atoms with Crippen LogP contribution in [0.25, 0.3) is 0 Å². The van der Waals surface area contributed by atoms with Gasteiger partial charge in [0, 0.05) is 12.1 Å². The molecule has 0 aliphatic carbocycles. The summed E-state index contributed by atoms with van der Waals surface area (Å²) in [5.74, 6) is -1.20. The summed E-state index contributed by atoms with van der Waals surface area (Å²) in [5.41, 5.74) is -1.02. The lowest BCUT2D eigenvalue weighted by Gasteiger charge is -2.11. The molecular weight excluding hydrogens is 390 g/mol. The van der Waals surface area contributed by atoms with Crippen molar-refractivity contribution < 1.29 is 27.5 Å². The van der Waals surface area contributed by atoms with Crippen LogP contribution in [0.5, 0.6) is 0 Å². The van der Waals surface area contributed by atoms with Gasteiger partial charge in [-0.3, -0.25) is 9.59 Å². The van der Waals surface area contributed by atoms with Gasteiger partial charge in [0.25, 0.3) is 5.91 Å². The number of hydrogen-bond acceptors (Lipinski definition) is 3. The van der Waals surface area contributed by atoms with Gasteiger partial charge in [0.15, 0.2) is 0 Å². The maximum Gasteiger partial charge on any atom is 0.416 e. The Morgan fingerprint density at radius 1 is 1.40 bits per heavy atom. The van der Waals surface area contributed by atoms with Crippen LogP contribution in [-0.4, -0.2) is 29.5 Å². The number of benzene rings is 1. The summed E-state index contributed by atoms with van der Waals surface area (Å²) in [5, 5.41) is 2.38. The highest BCUT2D eigenvalue weighted by atomic mass is 127. The minimum absolute atomic E-state index is 0.0255. The lowest BCUT2D eigenvalue weighted by Crippen LogP contribution is -2.33. The van der Waals surface area contributed by atoms with E-state index in [0.29, 0.717) is 0 Å². The molecule has 0 heterocycles. The molecule has 20 heavy (non-hydrogen) atoms. The third-order valence-corrected chi connectivity index (χ3v) is 3.30. The van der Waals surface area contributed by atoms with E-state index in [1.165, 1.54) is 13.2 Å². The first-order valence-corrected chi connectivity index (χ1v) is 6.67. The van der Waals surface area contributed by atoms with E-state index >= 15 is 0 Å². The molecule has 1 atom stereocenters. The molecule has 0 aliphatic heterocycles. The van der Waals surface area contributed by atoms with Gasteiger partial charge in [-0.15, -0.1) is 0 Å². The van der Waals surface area contributed by atoms with Crippen LogP contribution in [0, 0.1) is 0 Å². The number of esters is 1. The van der Waals surface area contributed by atoms with Gasteiger partial charge in [0.2, 0.25) is 0 Å². The maximum absolute atomic E-state index is 12.5. The molecule has 110 valence electrons. The number of nitrogens with one attached hydrogen (secondary N) is 1. The highest BCUT2D eigenvalue weighted by Gasteiger charge is 2.30. The van der Waals surface area contributed by atoms with Crippen LogP contribution in [0.15, 0.2) is 24.3 Å². The Bertz CT molecular complexity index is 505. The highest BCUT2D eigenvalue weighted by Crippen LogP contribution is 2.29. The molecule has 1 rings (SSSR count). The van der Waals surface area contributed by atoms with Crippen molar-refractivity contribution in [3.05, 3.63) is 35.4 Å². The molecule has 0 fully saturated rings. The van der Waals surface area contributed by atoms with Crippen LogP contribution in [0.2, 0.25) is 0 Å². The molecule has 1 amide bonds. The number of carbonyl (C=O) groups excluding carboxylic acids is 2. The van der Waals surface area contributed by atoms with E-state index in [2.05, 4.69) is 10.1 Å². The second kappa shape index (κ2) is 6.91. The second-order valence-corrected chi connectivity index (χ2v) is 5.28. The predicted octanol–water partition coefficient (Wildman–Crippen LogP) is 2.41. The van der Waals surface area contributed by atoms with E-state index in [-0.39, 0.29) is 12.1 Å². The Kier molecular flexibility index (Phi) is 5.78. The number of methoxy groups -OCH3 is 1. The lowest BCUT2D eigenvalue weighted by molar-refractivity contribution is -0.139. The van der Waals surface area contributed by atoms with Crippen LogP contribution in [0.1, 0.15) is 15.9 Å². The first-order chi connectivity index (χ1) is 9.25. The Balaban J connectivity index is 2.71. The summed E-state index contributed by atoms with van der Waals surface area (Å²) in [6.45, 7) is -0.0255. The molecule has 1 aromatic rings. The van der Waals surface area contributed by atoms with E-state index < -0.39 is 27.5 Å². The van der Waals surface area contributed by atoms with E-state index in [4.69, 9.17) is 0 Å². The minimum Gasteiger partial charge on any atom is -0.468 e. The van der Waals surface area contributed by atoms with Crippen molar-refractivity contribution in [3.63, 3.8) is 0 Å². The average molecular weight is 401 g/mol. The van der Waals surface area contributed by atoms with Gasteiger partial charge >= 0.3 is 12.1 Å². The first-order valence-electron chi connectivity index (χ1n) is 5.43. The fraction of sp³-hybridized carbons (Fsp3) is 0.333. The van der Waals surface area contributed by atoms with Crippen LogP contribution in [-0.2, 0) is 15.7 Å². The zero-order valence-electron chi connectivity index (χ0n) is 10.3. The van der Waals surface area contributed by atoms with Gasteiger partial charge in [-0.2, -0.15) is 13.2 Å². The number of alkyl halides is 4. The lowest BCUT2D eigenvalue weighted by atomic mass is 10.1. The summed E-state index contributed by atoms with van der Waals surface area (Å²) >= 11 is 1.77. The van der Waals surface area contributed by atoms with E-state index in [1.807, 2.05) is 0 Å². The Labute approximate surface area is 126 Å². The fourth-order valence-electron chi connectivity index (χ4n) is 1.33. The number of amides is 1. The molecule has 4 nitrogen and oxygen atoms in total. The number of hydrogen-bond donors (Lipinski definition) is 1. The molecule has 1 unspecified atom stereocenters. The molecule has 0 saturated heterocycles. The Morgan fingerprint density at radius 2 is 2.05 bits per heavy atom. The monoisotopic (exact) mass is 401 g/mol. The van der Waals surface area contributed by atoms with Crippen molar-refractivity contribution in [2.75, 3.05) is 13.7 Å². The molecule has 0 spiro atoms. The van der Waals surface area contributed by atoms with Crippen LogP contribution >= 0.6 is 22.6 Å². The van der Waals surface area contributed by atoms with Crippen LogP contribution in [0.4, 0.5) is 13.2 Å². The summed E-state index contributed by atoms with van der Waals surface area (Å²) in [7, 11) is 1.21. The zero-order chi connectivity index (χ0) is 15.3. The normalized spacial score (nSPS) is 12.7. The van der Waals surface area contributed by atoms with Gasteiger partial charge < -0.3 is 10.1 Å². The molecule has 0 aliphatic rings. The first kappa shape index (κ1) is 16.7. The molecule has 0 aromatic heterocycles. The number of halogens is 4. The van der Waals surface area contributed by atoms with E-state index in [9.17, 15) is 22.8 Å². The number of ether oxygens (including phenoxy) is 1. The predicted molar refractivity (Wildman–Crippen MR) is 73.6 cm³/mol. The van der Waals surface area contributed by atoms with Crippen molar-refractivity contribution in [1.29, 1.82) is 0 Å².